The summed E-state index contributed by atoms with van der Waals surface area (Å²) in [5.41, 5.74) is 1.02. The first-order valence-electron chi connectivity index (χ1n) is 6.68. The van der Waals surface area contributed by atoms with Crippen LogP contribution in [0, 0.1) is 0 Å². The van der Waals surface area contributed by atoms with E-state index in [-0.39, 0.29) is 24.0 Å². The Morgan fingerprint density at radius 1 is 1.09 bits per heavy atom. The first-order valence-corrected chi connectivity index (χ1v) is 7.06. The maximum Gasteiger partial charge on any atom is 0.281 e. The highest BCUT2D eigenvalue weighted by molar-refractivity contribution is 6.30. The van der Waals surface area contributed by atoms with Crippen LogP contribution in [-0.2, 0) is 14.1 Å². The monoisotopic (exact) mass is 426 g/mol. The molecular weight excluding hydrogens is 411 g/mol. The van der Waals surface area contributed by atoms with Crippen LogP contribution in [-0.4, -0.2) is 4.57 Å². The lowest BCUT2D eigenvalue weighted by molar-refractivity contribution is -0.672. The van der Waals surface area contributed by atoms with E-state index in [1.807, 2.05) is 75.0 Å². The fraction of sp³-hybridized carbons (Fsp3) is 0.118. The Balaban J connectivity index is 0.00000176. The van der Waals surface area contributed by atoms with E-state index in [0.29, 0.717) is 0 Å². The van der Waals surface area contributed by atoms with Crippen molar-refractivity contribution in [2.24, 2.45) is 14.1 Å². The van der Waals surface area contributed by atoms with E-state index in [9.17, 15) is 0 Å². The fourth-order valence-electron chi connectivity index (χ4n) is 2.21. The number of hydrogen-bond acceptors (Lipinski definition) is 1. The topological polar surface area (TPSA) is 21.9 Å². The Kier molecular flexibility index (Phi) is 5.47. The molecule has 114 valence electrons. The molecule has 0 saturated heterocycles. The minimum atomic E-state index is 0. The number of benzene rings is 1. The summed E-state index contributed by atoms with van der Waals surface area (Å²) in [5, 5.41) is 0.724. The molecule has 5 heteroatoms. The summed E-state index contributed by atoms with van der Waals surface area (Å²) in [6.45, 7) is 0. The van der Waals surface area contributed by atoms with Gasteiger partial charge in [-0.15, -0.1) is 0 Å². The van der Waals surface area contributed by atoms with Crippen molar-refractivity contribution in [3.8, 4) is 11.3 Å². The summed E-state index contributed by atoms with van der Waals surface area (Å²) >= 11 is 5.89. The van der Waals surface area contributed by atoms with Gasteiger partial charge in [-0.25, -0.2) is 9.13 Å². The van der Waals surface area contributed by atoms with Crippen molar-refractivity contribution in [2.75, 3.05) is 0 Å². The molecule has 0 aliphatic carbocycles. The minimum Gasteiger partial charge on any atom is -1.00 e. The molecule has 2 heterocycles. The van der Waals surface area contributed by atoms with Gasteiger partial charge in [-0.3, -0.25) is 0 Å². The number of halogens is 2. The van der Waals surface area contributed by atoms with Crippen molar-refractivity contribution in [3.63, 3.8) is 0 Å². The lowest BCUT2D eigenvalue weighted by atomic mass is 10.2. The molecular formula is C17H16ClIN2O. The van der Waals surface area contributed by atoms with Crippen molar-refractivity contribution >= 4 is 23.8 Å². The summed E-state index contributed by atoms with van der Waals surface area (Å²) in [6.07, 6.45) is 8.03. The van der Waals surface area contributed by atoms with Crippen LogP contribution in [0.4, 0.5) is 0 Å². The van der Waals surface area contributed by atoms with Gasteiger partial charge in [0.15, 0.2) is 0 Å². The molecule has 0 saturated carbocycles. The molecule has 0 amide bonds. The molecule has 0 aliphatic heterocycles. The highest BCUT2D eigenvalue weighted by atomic mass is 127. The number of rotatable bonds is 3. The van der Waals surface area contributed by atoms with E-state index >= 15 is 0 Å². The summed E-state index contributed by atoms with van der Waals surface area (Å²) in [6, 6.07) is 11.5. The summed E-state index contributed by atoms with van der Waals surface area (Å²) in [4.78, 5) is 0. The SMILES string of the molecule is Cn1cc[n+](C)c1/C=C/c1ccc(-c2ccc(Cl)cc2)o1.[I-]. The van der Waals surface area contributed by atoms with Crippen LogP contribution < -0.4 is 28.5 Å². The molecule has 1 aromatic carbocycles. The van der Waals surface area contributed by atoms with Crippen molar-refractivity contribution in [2.45, 2.75) is 0 Å². The molecule has 22 heavy (non-hydrogen) atoms. The fourth-order valence-corrected chi connectivity index (χ4v) is 2.33. The Morgan fingerprint density at radius 2 is 1.82 bits per heavy atom. The van der Waals surface area contributed by atoms with Crippen LogP contribution in [0.15, 0.2) is 53.2 Å². The van der Waals surface area contributed by atoms with E-state index in [4.69, 9.17) is 16.0 Å². The zero-order chi connectivity index (χ0) is 14.8. The van der Waals surface area contributed by atoms with E-state index < -0.39 is 0 Å². The average Bonchev–Trinajstić information content (AvgIpc) is 3.06. The first-order chi connectivity index (χ1) is 10.1. The number of furan rings is 1. The number of hydrogen-bond donors (Lipinski definition) is 0. The predicted molar refractivity (Wildman–Crippen MR) is 84.7 cm³/mol. The Labute approximate surface area is 151 Å². The van der Waals surface area contributed by atoms with Gasteiger partial charge in [0, 0.05) is 16.7 Å². The summed E-state index contributed by atoms with van der Waals surface area (Å²) < 4.78 is 9.95. The standard InChI is InChI=1S/C17H16ClN2O.HI/c1-19-11-12-20(2)17(19)10-8-15-7-9-16(21-15)13-3-5-14(18)6-4-13;/h3-12H,1-2H3;1H/q+1;/p-1/b10-8+;. The average molecular weight is 427 g/mol. The molecule has 0 atom stereocenters. The van der Waals surface area contributed by atoms with Gasteiger partial charge in [-0.2, -0.15) is 0 Å². The molecule has 3 aromatic rings. The Bertz CT molecular complexity index is 768. The molecule has 2 aromatic heterocycles. The molecule has 0 spiro atoms. The van der Waals surface area contributed by atoms with Gasteiger partial charge >= 0.3 is 0 Å². The third-order valence-corrected chi connectivity index (χ3v) is 3.64. The Hall–Kier alpha value is -1.53. The molecule has 3 nitrogen and oxygen atoms in total. The van der Waals surface area contributed by atoms with Crippen molar-refractivity contribution in [3.05, 3.63) is 65.4 Å². The second-order valence-electron chi connectivity index (χ2n) is 4.92. The van der Waals surface area contributed by atoms with Gasteiger partial charge in [-0.1, -0.05) is 11.6 Å². The van der Waals surface area contributed by atoms with Gasteiger partial charge in [0.05, 0.1) is 14.1 Å². The van der Waals surface area contributed by atoms with Crippen LogP contribution >= 0.6 is 11.6 Å². The number of imidazole rings is 1. The van der Waals surface area contributed by atoms with Crippen LogP contribution in [0.3, 0.4) is 0 Å². The summed E-state index contributed by atoms with van der Waals surface area (Å²) in [7, 11) is 4.03. The van der Waals surface area contributed by atoms with Crippen LogP contribution in [0.1, 0.15) is 11.6 Å². The zero-order valence-electron chi connectivity index (χ0n) is 12.3. The molecule has 0 N–H and O–H groups in total. The summed E-state index contributed by atoms with van der Waals surface area (Å²) in [5.74, 6) is 2.75. The van der Waals surface area contributed by atoms with Crippen LogP contribution in [0.2, 0.25) is 5.02 Å². The van der Waals surface area contributed by atoms with Crippen molar-refractivity contribution < 1.29 is 33.0 Å². The first kappa shape index (κ1) is 16.8. The second kappa shape index (κ2) is 7.15. The maximum atomic E-state index is 5.89. The second-order valence-corrected chi connectivity index (χ2v) is 5.36. The maximum absolute atomic E-state index is 5.89. The Morgan fingerprint density at radius 3 is 2.45 bits per heavy atom. The molecule has 0 radical (unpaired) electrons. The quantitative estimate of drug-likeness (QED) is 0.451. The van der Waals surface area contributed by atoms with E-state index in [1.165, 1.54) is 0 Å². The van der Waals surface area contributed by atoms with Crippen molar-refractivity contribution in [1.82, 2.24) is 4.57 Å². The number of aryl methyl sites for hydroxylation is 2. The molecule has 0 bridgehead atoms. The predicted octanol–water partition coefficient (Wildman–Crippen LogP) is 0.937. The number of nitrogens with zero attached hydrogens (tertiary/aromatic N) is 2. The highest BCUT2D eigenvalue weighted by Crippen LogP contribution is 2.24. The normalized spacial score (nSPS) is 10.9. The van der Waals surface area contributed by atoms with Gasteiger partial charge in [0.25, 0.3) is 5.82 Å². The van der Waals surface area contributed by atoms with Gasteiger partial charge < -0.3 is 28.4 Å². The van der Waals surface area contributed by atoms with E-state index in [2.05, 4.69) is 9.13 Å². The highest BCUT2D eigenvalue weighted by Gasteiger charge is 2.07. The molecule has 0 aliphatic rings. The minimum absolute atomic E-state index is 0. The van der Waals surface area contributed by atoms with Gasteiger partial charge in [0.1, 0.15) is 23.9 Å². The molecule has 0 unspecified atom stereocenters. The van der Waals surface area contributed by atoms with Gasteiger partial charge in [-0.05, 0) is 42.5 Å². The van der Waals surface area contributed by atoms with E-state index in [1.54, 1.807) is 0 Å². The zero-order valence-corrected chi connectivity index (χ0v) is 15.2. The lowest BCUT2D eigenvalue weighted by Gasteiger charge is -1.96. The smallest absolute Gasteiger partial charge is 0.281 e. The van der Waals surface area contributed by atoms with Crippen LogP contribution in [0.5, 0.6) is 0 Å². The molecule has 0 fully saturated rings. The van der Waals surface area contributed by atoms with Crippen LogP contribution in [0.25, 0.3) is 23.5 Å². The third kappa shape index (κ3) is 3.62. The van der Waals surface area contributed by atoms with Crippen molar-refractivity contribution in [1.29, 1.82) is 0 Å². The third-order valence-electron chi connectivity index (χ3n) is 3.39. The number of aromatic nitrogens is 2. The van der Waals surface area contributed by atoms with E-state index in [0.717, 1.165) is 27.9 Å². The largest absolute Gasteiger partial charge is 1.00 e. The lowest BCUT2D eigenvalue weighted by Crippen LogP contribution is -3.00. The molecule has 3 rings (SSSR count). The van der Waals surface area contributed by atoms with Gasteiger partial charge in [0.2, 0.25) is 0 Å².